The van der Waals surface area contributed by atoms with Crippen molar-refractivity contribution in [2.45, 2.75) is 6.92 Å². The fourth-order valence-electron chi connectivity index (χ4n) is 6.36. The first-order valence-electron chi connectivity index (χ1n) is 15.5. The minimum Gasteiger partial charge on any atom is -0.456 e. The minimum absolute atomic E-state index is 0.861. The van der Waals surface area contributed by atoms with Gasteiger partial charge in [0.25, 0.3) is 0 Å². The molecule has 0 spiro atoms. The molecule has 0 amide bonds. The molecule has 2 aromatic heterocycles. The van der Waals surface area contributed by atoms with E-state index in [4.69, 9.17) is 4.42 Å². The first kappa shape index (κ1) is 27.9. The van der Waals surface area contributed by atoms with Crippen LogP contribution in [0, 0.1) is 0 Å². The molecule has 0 aliphatic rings. The van der Waals surface area contributed by atoms with Crippen molar-refractivity contribution in [3.05, 3.63) is 176 Å². The first-order chi connectivity index (χ1) is 22.7. The molecule has 46 heavy (non-hydrogen) atoms. The van der Waals surface area contributed by atoms with Crippen LogP contribution in [0.15, 0.2) is 174 Å². The van der Waals surface area contributed by atoms with E-state index >= 15 is 0 Å². The topological polar surface area (TPSA) is 16.4 Å². The second-order valence-electron chi connectivity index (χ2n) is 11.4. The average Bonchev–Trinajstić information content (AvgIpc) is 3.67. The molecular weight excluding hydrogens is 579 g/mol. The Hall–Kier alpha value is -5.64. The van der Waals surface area contributed by atoms with Gasteiger partial charge in [-0.25, -0.2) is 0 Å². The summed E-state index contributed by atoms with van der Waals surface area (Å²) in [7, 11) is 0. The third-order valence-corrected chi connectivity index (χ3v) is 9.73. The smallest absolute Gasteiger partial charge is 0.135 e. The molecule has 6 aromatic carbocycles. The van der Waals surface area contributed by atoms with E-state index < -0.39 is 0 Å². The Morgan fingerprint density at radius 3 is 2.13 bits per heavy atom. The molecule has 8 aromatic rings. The summed E-state index contributed by atoms with van der Waals surface area (Å²) in [5, 5.41) is 4.73. The van der Waals surface area contributed by atoms with Crippen LogP contribution >= 0.6 is 11.3 Å². The minimum atomic E-state index is 0.861. The predicted molar refractivity (Wildman–Crippen MR) is 199 cm³/mol. The Labute approximate surface area is 272 Å². The normalized spacial score (nSPS) is 12.2. The molecule has 2 nitrogen and oxygen atoms in total. The number of hydrogen-bond donors (Lipinski definition) is 0. The summed E-state index contributed by atoms with van der Waals surface area (Å²) in [5.41, 5.74) is 9.33. The molecule has 0 radical (unpaired) electrons. The van der Waals surface area contributed by atoms with E-state index in [2.05, 4.69) is 158 Å². The van der Waals surface area contributed by atoms with E-state index in [0.717, 1.165) is 55.7 Å². The van der Waals surface area contributed by atoms with Gasteiger partial charge in [-0.15, -0.1) is 11.3 Å². The summed E-state index contributed by atoms with van der Waals surface area (Å²) in [6.45, 7) is 6.76. The predicted octanol–water partition coefficient (Wildman–Crippen LogP) is 12.9. The number of hydrogen-bond acceptors (Lipinski definition) is 3. The third-order valence-electron chi connectivity index (χ3n) is 8.60. The second kappa shape index (κ2) is 11.7. The number of benzene rings is 6. The first-order valence-corrected chi connectivity index (χ1v) is 16.3. The van der Waals surface area contributed by atoms with Crippen LogP contribution in [0.1, 0.15) is 12.5 Å². The van der Waals surface area contributed by atoms with E-state index in [1.807, 2.05) is 29.5 Å². The number of fused-ring (bicyclic) bond motifs is 6. The molecule has 0 saturated carbocycles. The molecule has 0 bridgehead atoms. The fraction of sp³-hybridized carbons (Fsp3) is 0.0233. The van der Waals surface area contributed by atoms with Crippen LogP contribution < -0.4 is 4.90 Å². The van der Waals surface area contributed by atoms with E-state index in [1.54, 1.807) is 0 Å². The van der Waals surface area contributed by atoms with Crippen molar-refractivity contribution >= 4 is 70.4 Å². The highest BCUT2D eigenvalue weighted by Crippen LogP contribution is 2.45. The van der Waals surface area contributed by atoms with Gasteiger partial charge in [-0.2, -0.15) is 0 Å². The summed E-state index contributed by atoms with van der Waals surface area (Å²) in [6.07, 6.45) is 6.44. The lowest BCUT2D eigenvalue weighted by molar-refractivity contribution is 0.669. The van der Waals surface area contributed by atoms with Crippen LogP contribution in [0.4, 0.5) is 11.4 Å². The summed E-state index contributed by atoms with van der Waals surface area (Å²) >= 11 is 1.83. The number of para-hydroxylation sites is 1. The molecule has 0 fully saturated rings. The molecular formula is C43H31NOS. The molecule has 0 N–H and O–H groups in total. The highest BCUT2D eigenvalue weighted by atomic mass is 32.1. The van der Waals surface area contributed by atoms with Crippen molar-refractivity contribution in [3.63, 3.8) is 0 Å². The van der Waals surface area contributed by atoms with Gasteiger partial charge in [-0.05, 0) is 72.2 Å². The molecule has 220 valence electrons. The van der Waals surface area contributed by atoms with Crippen LogP contribution in [-0.4, -0.2) is 0 Å². The van der Waals surface area contributed by atoms with E-state index in [-0.39, 0.29) is 0 Å². The van der Waals surface area contributed by atoms with Crippen LogP contribution in [0.5, 0.6) is 0 Å². The molecule has 0 saturated heterocycles. The standard InChI is InChI=1S/C43H31NOS/c1-3-30(31-14-6-4-7-15-31)23-22-29(2)44(33-24-25-41-37(26-33)34-18-10-12-20-40(34)45-41)39-28-43-38(35-19-11-13-21-42(35)46-43)27-36(39)32-16-8-5-9-17-32/h3-28H,2H2,1H3/b23-22-,30-3+. The fourth-order valence-corrected chi connectivity index (χ4v) is 7.48. The molecule has 0 atom stereocenters. The van der Waals surface area contributed by atoms with Gasteiger partial charge in [0.2, 0.25) is 0 Å². The summed E-state index contributed by atoms with van der Waals surface area (Å²) in [4.78, 5) is 2.29. The van der Waals surface area contributed by atoms with E-state index in [9.17, 15) is 0 Å². The zero-order valence-electron chi connectivity index (χ0n) is 25.5. The van der Waals surface area contributed by atoms with Gasteiger partial charge in [0, 0.05) is 47.9 Å². The Bertz CT molecular complexity index is 2440. The van der Waals surface area contributed by atoms with E-state index in [1.165, 1.54) is 25.7 Å². The van der Waals surface area contributed by atoms with Gasteiger partial charge in [0.15, 0.2) is 0 Å². The van der Waals surface area contributed by atoms with Crippen molar-refractivity contribution in [1.82, 2.24) is 0 Å². The van der Waals surface area contributed by atoms with Gasteiger partial charge in [-0.3, -0.25) is 0 Å². The third kappa shape index (κ3) is 4.92. The Morgan fingerprint density at radius 2 is 1.33 bits per heavy atom. The molecule has 0 aliphatic heterocycles. The van der Waals surface area contributed by atoms with Crippen LogP contribution in [0.25, 0.3) is 58.8 Å². The maximum Gasteiger partial charge on any atom is 0.135 e. The highest BCUT2D eigenvalue weighted by molar-refractivity contribution is 7.25. The van der Waals surface area contributed by atoms with Crippen molar-refractivity contribution in [2.24, 2.45) is 0 Å². The number of rotatable bonds is 7. The Balaban J connectivity index is 1.37. The maximum absolute atomic E-state index is 6.22. The van der Waals surface area contributed by atoms with Gasteiger partial charge >= 0.3 is 0 Å². The number of anilines is 2. The number of furan rings is 1. The van der Waals surface area contributed by atoms with Crippen molar-refractivity contribution < 1.29 is 4.42 Å². The number of thiophene rings is 1. The average molecular weight is 610 g/mol. The van der Waals surface area contributed by atoms with Gasteiger partial charge < -0.3 is 9.32 Å². The Morgan fingerprint density at radius 1 is 0.630 bits per heavy atom. The molecule has 0 unspecified atom stereocenters. The summed E-state index contributed by atoms with van der Waals surface area (Å²) in [5.74, 6) is 0. The molecule has 2 heterocycles. The van der Waals surface area contributed by atoms with Crippen molar-refractivity contribution in [3.8, 4) is 11.1 Å². The number of nitrogens with zero attached hydrogens (tertiary/aromatic N) is 1. The Kier molecular flexibility index (Phi) is 7.09. The van der Waals surface area contributed by atoms with Gasteiger partial charge in [0.1, 0.15) is 11.2 Å². The second-order valence-corrected chi connectivity index (χ2v) is 12.5. The summed E-state index contributed by atoms with van der Waals surface area (Å²) in [6, 6.07) is 49.2. The number of allylic oxidation sites excluding steroid dienone is 4. The molecule has 3 heteroatoms. The quantitative estimate of drug-likeness (QED) is 0.167. The highest BCUT2D eigenvalue weighted by Gasteiger charge is 2.21. The maximum atomic E-state index is 6.22. The monoisotopic (exact) mass is 609 g/mol. The van der Waals surface area contributed by atoms with Crippen LogP contribution in [0.3, 0.4) is 0 Å². The van der Waals surface area contributed by atoms with Crippen molar-refractivity contribution in [1.29, 1.82) is 0 Å². The van der Waals surface area contributed by atoms with Gasteiger partial charge in [-0.1, -0.05) is 116 Å². The van der Waals surface area contributed by atoms with Gasteiger partial charge in [0.05, 0.1) is 5.69 Å². The zero-order chi connectivity index (χ0) is 31.0. The lowest BCUT2D eigenvalue weighted by Gasteiger charge is -2.28. The molecule has 0 aliphatic carbocycles. The van der Waals surface area contributed by atoms with Crippen LogP contribution in [0.2, 0.25) is 0 Å². The summed E-state index contributed by atoms with van der Waals surface area (Å²) < 4.78 is 8.74. The van der Waals surface area contributed by atoms with E-state index in [0.29, 0.717) is 0 Å². The zero-order valence-corrected chi connectivity index (χ0v) is 26.3. The lowest BCUT2D eigenvalue weighted by Crippen LogP contribution is -2.15. The van der Waals surface area contributed by atoms with Crippen LogP contribution in [-0.2, 0) is 0 Å². The van der Waals surface area contributed by atoms with Crippen molar-refractivity contribution in [2.75, 3.05) is 4.90 Å². The lowest BCUT2D eigenvalue weighted by atomic mass is 9.98. The largest absolute Gasteiger partial charge is 0.456 e. The molecule has 8 rings (SSSR count). The SMILES string of the molecule is C=C(/C=C\C(=C/C)c1ccccc1)N(c1ccc2oc3ccccc3c2c1)c1cc2sc3ccccc3c2cc1-c1ccccc1.